The van der Waals surface area contributed by atoms with Crippen LogP contribution in [0, 0.1) is 5.92 Å². The first-order valence-electron chi connectivity index (χ1n) is 10.9. The third-order valence-corrected chi connectivity index (χ3v) is 5.74. The summed E-state index contributed by atoms with van der Waals surface area (Å²) in [5.41, 5.74) is 0.993. The molecule has 1 unspecified atom stereocenters. The largest absolute Gasteiger partial charge is 0.474 e. The van der Waals surface area contributed by atoms with Crippen molar-refractivity contribution in [2.45, 2.75) is 51.8 Å². The normalized spacial score (nSPS) is 20.6. The van der Waals surface area contributed by atoms with Crippen molar-refractivity contribution in [2.24, 2.45) is 5.92 Å². The van der Waals surface area contributed by atoms with Crippen molar-refractivity contribution in [2.75, 3.05) is 29.9 Å². The van der Waals surface area contributed by atoms with Crippen LogP contribution in [-0.2, 0) is 4.74 Å². The van der Waals surface area contributed by atoms with Crippen LogP contribution in [-0.4, -0.2) is 52.9 Å². The molecule has 0 aromatic carbocycles. The number of carbonyl (C=O) groups is 1. The summed E-state index contributed by atoms with van der Waals surface area (Å²) in [4.78, 5) is 27.2. The Labute approximate surface area is 182 Å². The Kier molecular flexibility index (Phi) is 6.50. The van der Waals surface area contributed by atoms with Gasteiger partial charge < -0.3 is 20.1 Å². The smallest absolute Gasteiger partial charge is 0.415 e. The molecule has 0 saturated carbocycles. The number of hydrogen-bond acceptors (Lipinski definition) is 8. The number of ether oxygens (including phenoxy) is 2. The Morgan fingerprint density at radius 3 is 2.71 bits per heavy atom. The summed E-state index contributed by atoms with van der Waals surface area (Å²) in [6.45, 7) is 8.48. The van der Waals surface area contributed by atoms with Crippen molar-refractivity contribution in [3.8, 4) is 5.88 Å². The number of nitrogens with one attached hydrogen (secondary N) is 2. The van der Waals surface area contributed by atoms with E-state index in [1.165, 1.54) is 0 Å². The molecule has 31 heavy (non-hydrogen) atoms. The molecule has 0 spiro atoms. The second-order valence-corrected chi connectivity index (χ2v) is 8.36. The minimum atomic E-state index is -0.370. The van der Waals surface area contributed by atoms with Crippen LogP contribution in [0.25, 0.3) is 0 Å². The molecule has 2 atom stereocenters. The van der Waals surface area contributed by atoms with Crippen molar-refractivity contribution >= 4 is 17.9 Å². The van der Waals surface area contributed by atoms with E-state index >= 15 is 0 Å². The van der Waals surface area contributed by atoms with E-state index < -0.39 is 0 Å². The van der Waals surface area contributed by atoms with Crippen molar-refractivity contribution in [1.29, 1.82) is 0 Å². The minimum Gasteiger partial charge on any atom is -0.474 e. The second kappa shape index (κ2) is 9.47. The molecule has 2 aliphatic heterocycles. The average Bonchev–Trinajstić information content (AvgIpc) is 3.17. The van der Waals surface area contributed by atoms with Crippen LogP contribution in [0.5, 0.6) is 5.88 Å². The number of nitrogens with zero attached hydrogens (tertiary/aromatic N) is 4. The highest BCUT2D eigenvalue weighted by atomic mass is 16.6. The van der Waals surface area contributed by atoms with E-state index in [0.29, 0.717) is 24.3 Å². The first kappa shape index (κ1) is 21.3. The fourth-order valence-corrected chi connectivity index (χ4v) is 3.82. The molecule has 0 radical (unpaired) electrons. The molecular formula is C22H30N6O3. The van der Waals surface area contributed by atoms with Crippen LogP contribution in [0.2, 0.25) is 0 Å². The number of pyridine rings is 1. The van der Waals surface area contributed by atoms with Crippen LogP contribution in [0.4, 0.5) is 16.6 Å². The Bertz CT molecular complexity index is 885. The molecule has 2 aliphatic rings. The molecule has 0 bridgehead atoms. The number of piperidine rings is 1. The van der Waals surface area contributed by atoms with E-state index in [2.05, 4.69) is 39.4 Å². The highest BCUT2D eigenvalue weighted by molar-refractivity contribution is 5.89. The molecule has 1 amide bonds. The molecule has 2 fully saturated rings. The summed E-state index contributed by atoms with van der Waals surface area (Å²) in [5, 5.41) is 6.62. The van der Waals surface area contributed by atoms with Crippen LogP contribution in [0.15, 0.2) is 30.6 Å². The molecule has 0 aliphatic carbocycles. The summed E-state index contributed by atoms with van der Waals surface area (Å²) in [7, 11) is 0. The molecular weight excluding hydrogens is 396 g/mol. The minimum absolute atomic E-state index is 0.0376. The standard InChI is InChI=1S/C22H30N6O3/c1-14(2)18-13-30-22(29)28(18)19-8-11-24-21(27-19)26-15(3)16-4-5-20(25-12-16)31-17-6-9-23-10-7-17/h4-5,8,11-12,14-15,17-18,23H,6-7,9-10,13H2,1-3H3,(H,24,26,27)/t15?,18-/m1/s1. The molecule has 166 valence electrons. The summed E-state index contributed by atoms with van der Waals surface area (Å²) >= 11 is 0. The van der Waals surface area contributed by atoms with E-state index in [0.717, 1.165) is 31.5 Å². The van der Waals surface area contributed by atoms with Gasteiger partial charge in [0, 0.05) is 18.5 Å². The van der Waals surface area contributed by atoms with Crippen LogP contribution in [0.1, 0.15) is 45.2 Å². The fourth-order valence-electron chi connectivity index (χ4n) is 3.82. The zero-order valence-corrected chi connectivity index (χ0v) is 18.2. The van der Waals surface area contributed by atoms with Crippen LogP contribution >= 0.6 is 0 Å². The van der Waals surface area contributed by atoms with Gasteiger partial charge in [-0.3, -0.25) is 4.90 Å². The topological polar surface area (TPSA) is 102 Å². The van der Waals surface area contributed by atoms with E-state index in [-0.39, 0.29) is 30.2 Å². The fraction of sp³-hybridized carbons (Fsp3) is 0.545. The zero-order chi connectivity index (χ0) is 21.8. The Hall–Kier alpha value is -2.94. The number of aromatic nitrogens is 3. The molecule has 9 nitrogen and oxygen atoms in total. The SMILES string of the molecule is CC(Nc1nccc(N2C(=O)OC[C@@H]2C(C)C)n1)c1ccc(OC2CCNCC2)nc1. The lowest BCUT2D eigenvalue weighted by Crippen LogP contribution is -2.37. The van der Waals surface area contributed by atoms with Gasteiger partial charge in [0.15, 0.2) is 0 Å². The number of cyclic esters (lactones) is 1. The predicted molar refractivity (Wildman–Crippen MR) is 117 cm³/mol. The lowest BCUT2D eigenvalue weighted by molar-refractivity contribution is 0.156. The maximum atomic E-state index is 12.2. The Balaban J connectivity index is 1.41. The molecule has 2 saturated heterocycles. The summed E-state index contributed by atoms with van der Waals surface area (Å²) in [5.74, 6) is 1.89. The second-order valence-electron chi connectivity index (χ2n) is 8.36. The highest BCUT2D eigenvalue weighted by Gasteiger charge is 2.37. The summed E-state index contributed by atoms with van der Waals surface area (Å²) < 4.78 is 11.2. The highest BCUT2D eigenvalue weighted by Crippen LogP contribution is 2.27. The van der Waals surface area contributed by atoms with Gasteiger partial charge in [-0.25, -0.2) is 14.8 Å². The maximum Gasteiger partial charge on any atom is 0.415 e. The molecule has 2 aromatic heterocycles. The van der Waals surface area contributed by atoms with E-state index in [4.69, 9.17) is 9.47 Å². The molecule has 4 rings (SSSR count). The Morgan fingerprint density at radius 1 is 1.19 bits per heavy atom. The third kappa shape index (κ3) is 5.04. The first-order valence-corrected chi connectivity index (χ1v) is 10.9. The molecule has 2 aromatic rings. The maximum absolute atomic E-state index is 12.2. The van der Waals surface area contributed by atoms with Crippen molar-refractivity contribution in [3.05, 3.63) is 36.2 Å². The third-order valence-electron chi connectivity index (χ3n) is 5.74. The zero-order valence-electron chi connectivity index (χ0n) is 18.2. The quantitative estimate of drug-likeness (QED) is 0.696. The first-order chi connectivity index (χ1) is 15.0. The van der Waals surface area contributed by atoms with Gasteiger partial charge in [-0.2, -0.15) is 4.98 Å². The van der Waals surface area contributed by atoms with Gasteiger partial charge in [0.1, 0.15) is 18.5 Å². The molecule has 4 heterocycles. The van der Waals surface area contributed by atoms with Crippen molar-refractivity contribution in [1.82, 2.24) is 20.3 Å². The van der Waals surface area contributed by atoms with E-state index in [1.54, 1.807) is 17.2 Å². The van der Waals surface area contributed by atoms with Gasteiger partial charge in [0.25, 0.3) is 0 Å². The van der Waals surface area contributed by atoms with Crippen LogP contribution < -0.4 is 20.3 Å². The van der Waals surface area contributed by atoms with Gasteiger partial charge in [-0.05, 0) is 50.4 Å². The van der Waals surface area contributed by atoms with Gasteiger partial charge in [0.05, 0.1) is 12.1 Å². The predicted octanol–water partition coefficient (Wildman–Crippen LogP) is 3.16. The molecule has 9 heteroatoms. The summed E-state index contributed by atoms with van der Waals surface area (Å²) in [6.07, 6.45) is 5.30. The van der Waals surface area contributed by atoms with E-state index in [1.807, 2.05) is 25.3 Å². The number of hydrogen-bond donors (Lipinski definition) is 2. The van der Waals surface area contributed by atoms with Gasteiger partial charge >= 0.3 is 6.09 Å². The Morgan fingerprint density at radius 2 is 2.00 bits per heavy atom. The van der Waals surface area contributed by atoms with Gasteiger partial charge in [0.2, 0.25) is 11.8 Å². The van der Waals surface area contributed by atoms with Crippen LogP contribution in [0.3, 0.4) is 0 Å². The molecule has 2 N–H and O–H groups in total. The summed E-state index contributed by atoms with van der Waals surface area (Å²) in [6, 6.07) is 5.52. The van der Waals surface area contributed by atoms with Crippen molar-refractivity contribution in [3.63, 3.8) is 0 Å². The number of rotatable bonds is 7. The van der Waals surface area contributed by atoms with Crippen molar-refractivity contribution < 1.29 is 14.3 Å². The number of anilines is 2. The van der Waals surface area contributed by atoms with Gasteiger partial charge in [-0.15, -0.1) is 0 Å². The number of carbonyl (C=O) groups excluding carboxylic acids is 1. The number of amides is 1. The lowest BCUT2D eigenvalue weighted by Gasteiger charge is -2.24. The average molecular weight is 427 g/mol. The van der Waals surface area contributed by atoms with E-state index in [9.17, 15) is 4.79 Å². The monoisotopic (exact) mass is 426 g/mol. The lowest BCUT2D eigenvalue weighted by atomic mass is 10.0. The van der Waals surface area contributed by atoms with Gasteiger partial charge in [-0.1, -0.05) is 19.9 Å².